The van der Waals surface area contributed by atoms with Gasteiger partial charge in [0.2, 0.25) is 0 Å². The fourth-order valence-corrected chi connectivity index (χ4v) is 2.26. The molecule has 0 bridgehead atoms. The second-order valence-corrected chi connectivity index (χ2v) is 5.79. The molecule has 0 unspecified atom stereocenters. The van der Waals surface area contributed by atoms with E-state index in [2.05, 4.69) is 44.3 Å². The molecule has 1 rings (SSSR count). The van der Waals surface area contributed by atoms with E-state index in [0.29, 0.717) is 0 Å². The highest BCUT2D eigenvalue weighted by Crippen LogP contribution is 2.25. The maximum atomic E-state index is 4.08. The molecule has 0 amide bonds. The molecule has 0 radical (unpaired) electrons. The number of hydrogen-bond donors (Lipinski definition) is 0. The molecule has 1 saturated heterocycles. The first kappa shape index (κ1) is 13.6. The van der Waals surface area contributed by atoms with E-state index >= 15 is 0 Å². The van der Waals surface area contributed by atoms with Crippen LogP contribution in [0.2, 0.25) is 0 Å². The van der Waals surface area contributed by atoms with Gasteiger partial charge in [0.1, 0.15) is 0 Å². The molecule has 1 aliphatic rings. The topological polar surface area (TPSA) is 6.48 Å². The standard InChI is InChI=1S/C14H28N2/c1-12(2)6-8-15(4)9-7-14-10-13(3)16(5)11-14/h12,14H,3,6-11H2,1-2,4-5H3/t14-/m0/s1. The Morgan fingerprint density at radius 1 is 1.44 bits per heavy atom. The van der Waals surface area contributed by atoms with Gasteiger partial charge in [-0.2, -0.15) is 0 Å². The summed E-state index contributed by atoms with van der Waals surface area (Å²) in [6.07, 6.45) is 3.83. The van der Waals surface area contributed by atoms with Crippen molar-refractivity contribution >= 4 is 0 Å². The number of nitrogens with zero attached hydrogens (tertiary/aromatic N) is 2. The zero-order valence-electron chi connectivity index (χ0n) is 11.5. The monoisotopic (exact) mass is 224 g/mol. The highest BCUT2D eigenvalue weighted by molar-refractivity contribution is 5.01. The van der Waals surface area contributed by atoms with Gasteiger partial charge in [-0.05, 0) is 51.2 Å². The lowest BCUT2D eigenvalue weighted by Gasteiger charge is -2.19. The molecule has 0 saturated carbocycles. The molecule has 16 heavy (non-hydrogen) atoms. The van der Waals surface area contributed by atoms with E-state index < -0.39 is 0 Å². The fraction of sp³-hybridized carbons (Fsp3) is 0.857. The van der Waals surface area contributed by atoms with E-state index in [1.807, 2.05) is 0 Å². The summed E-state index contributed by atoms with van der Waals surface area (Å²) in [4.78, 5) is 4.78. The number of allylic oxidation sites excluding steroid dienone is 1. The smallest absolute Gasteiger partial charge is 0.0204 e. The van der Waals surface area contributed by atoms with Gasteiger partial charge in [-0.3, -0.25) is 0 Å². The van der Waals surface area contributed by atoms with Crippen molar-refractivity contribution in [3.8, 4) is 0 Å². The zero-order valence-corrected chi connectivity index (χ0v) is 11.5. The number of rotatable bonds is 6. The van der Waals surface area contributed by atoms with Crippen molar-refractivity contribution in [2.24, 2.45) is 11.8 Å². The van der Waals surface area contributed by atoms with Gasteiger partial charge in [-0.25, -0.2) is 0 Å². The van der Waals surface area contributed by atoms with Crippen LogP contribution in [0.1, 0.15) is 33.1 Å². The van der Waals surface area contributed by atoms with E-state index in [1.54, 1.807) is 0 Å². The van der Waals surface area contributed by atoms with Crippen molar-refractivity contribution in [1.82, 2.24) is 9.80 Å². The van der Waals surface area contributed by atoms with Gasteiger partial charge in [0.05, 0.1) is 0 Å². The van der Waals surface area contributed by atoms with Gasteiger partial charge in [0, 0.05) is 19.3 Å². The Labute approximate surface area is 101 Å². The largest absolute Gasteiger partial charge is 0.378 e. The molecule has 0 N–H and O–H groups in total. The van der Waals surface area contributed by atoms with Crippen LogP contribution in [0.5, 0.6) is 0 Å². The second-order valence-electron chi connectivity index (χ2n) is 5.79. The molecule has 1 atom stereocenters. The van der Waals surface area contributed by atoms with Crippen LogP contribution in [0.3, 0.4) is 0 Å². The van der Waals surface area contributed by atoms with Gasteiger partial charge in [0.25, 0.3) is 0 Å². The molecule has 2 nitrogen and oxygen atoms in total. The molecule has 0 aliphatic carbocycles. The number of hydrogen-bond acceptors (Lipinski definition) is 2. The van der Waals surface area contributed by atoms with Gasteiger partial charge in [-0.15, -0.1) is 0 Å². The van der Waals surface area contributed by atoms with Crippen LogP contribution in [-0.4, -0.2) is 43.5 Å². The van der Waals surface area contributed by atoms with Crippen LogP contribution in [-0.2, 0) is 0 Å². The summed E-state index contributed by atoms with van der Waals surface area (Å²) >= 11 is 0. The predicted molar refractivity (Wildman–Crippen MR) is 71.4 cm³/mol. The third-order valence-corrected chi connectivity index (χ3v) is 3.60. The van der Waals surface area contributed by atoms with Crippen LogP contribution < -0.4 is 0 Å². The van der Waals surface area contributed by atoms with Crippen molar-refractivity contribution < 1.29 is 0 Å². The first-order valence-electron chi connectivity index (χ1n) is 6.56. The fourth-order valence-electron chi connectivity index (χ4n) is 2.26. The highest BCUT2D eigenvalue weighted by Gasteiger charge is 2.22. The van der Waals surface area contributed by atoms with Crippen LogP contribution in [0.4, 0.5) is 0 Å². The van der Waals surface area contributed by atoms with Crippen LogP contribution in [0.25, 0.3) is 0 Å². The maximum Gasteiger partial charge on any atom is 0.0204 e. The van der Waals surface area contributed by atoms with Crippen LogP contribution >= 0.6 is 0 Å². The minimum Gasteiger partial charge on any atom is -0.378 e. The van der Waals surface area contributed by atoms with Crippen LogP contribution in [0.15, 0.2) is 12.3 Å². The van der Waals surface area contributed by atoms with Gasteiger partial charge in [-0.1, -0.05) is 20.4 Å². The Balaban J connectivity index is 2.13. The predicted octanol–water partition coefficient (Wildman–Crippen LogP) is 2.82. The molecule has 0 aromatic rings. The number of likely N-dealkylation sites (tertiary alicyclic amines) is 1. The molecule has 1 fully saturated rings. The molecule has 1 heterocycles. The van der Waals surface area contributed by atoms with Gasteiger partial charge < -0.3 is 9.80 Å². The van der Waals surface area contributed by atoms with E-state index in [-0.39, 0.29) is 0 Å². The van der Waals surface area contributed by atoms with Crippen molar-refractivity contribution in [3.63, 3.8) is 0 Å². The van der Waals surface area contributed by atoms with E-state index in [0.717, 1.165) is 11.8 Å². The molecule has 1 aliphatic heterocycles. The first-order valence-corrected chi connectivity index (χ1v) is 6.56. The average molecular weight is 224 g/mol. The lowest BCUT2D eigenvalue weighted by Crippen LogP contribution is -2.24. The Morgan fingerprint density at radius 3 is 2.62 bits per heavy atom. The third kappa shape index (κ3) is 4.56. The molecular weight excluding hydrogens is 196 g/mol. The normalized spacial score (nSPS) is 21.5. The summed E-state index contributed by atoms with van der Waals surface area (Å²) in [6, 6.07) is 0. The maximum absolute atomic E-state index is 4.08. The Hall–Kier alpha value is -0.500. The summed E-state index contributed by atoms with van der Waals surface area (Å²) < 4.78 is 0. The molecule has 94 valence electrons. The van der Waals surface area contributed by atoms with Gasteiger partial charge >= 0.3 is 0 Å². The van der Waals surface area contributed by atoms with Crippen molar-refractivity contribution in [2.45, 2.75) is 33.1 Å². The summed E-state index contributed by atoms with van der Waals surface area (Å²) in [6.45, 7) is 12.4. The van der Waals surface area contributed by atoms with Crippen molar-refractivity contribution in [3.05, 3.63) is 12.3 Å². The molecular formula is C14H28N2. The average Bonchev–Trinajstić information content (AvgIpc) is 2.52. The van der Waals surface area contributed by atoms with Gasteiger partial charge in [0.15, 0.2) is 0 Å². The summed E-state index contributed by atoms with van der Waals surface area (Å²) in [5, 5.41) is 0. The Morgan fingerprint density at radius 2 is 2.12 bits per heavy atom. The first-order chi connectivity index (χ1) is 7.49. The summed E-state index contributed by atoms with van der Waals surface area (Å²) in [7, 11) is 4.40. The van der Waals surface area contributed by atoms with Crippen LogP contribution in [0, 0.1) is 11.8 Å². The van der Waals surface area contributed by atoms with E-state index in [9.17, 15) is 0 Å². The highest BCUT2D eigenvalue weighted by atomic mass is 15.1. The Kier molecular flexibility index (Phi) is 5.33. The second kappa shape index (κ2) is 6.29. The molecule has 0 spiro atoms. The zero-order chi connectivity index (χ0) is 12.1. The summed E-state index contributed by atoms with van der Waals surface area (Å²) in [5.74, 6) is 1.65. The van der Waals surface area contributed by atoms with Crippen molar-refractivity contribution in [2.75, 3.05) is 33.7 Å². The SMILES string of the molecule is C=C1C[C@H](CCN(C)CCC(C)C)CN1C. The van der Waals surface area contributed by atoms with E-state index in [4.69, 9.17) is 0 Å². The molecule has 2 heteroatoms. The summed E-state index contributed by atoms with van der Waals surface area (Å²) in [5.41, 5.74) is 1.31. The lowest BCUT2D eigenvalue weighted by atomic mass is 10.0. The van der Waals surface area contributed by atoms with E-state index in [1.165, 1.54) is 44.6 Å². The minimum atomic E-state index is 0.819. The van der Waals surface area contributed by atoms with Crippen molar-refractivity contribution in [1.29, 1.82) is 0 Å². The molecule has 0 aromatic carbocycles. The third-order valence-electron chi connectivity index (χ3n) is 3.60. The lowest BCUT2D eigenvalue weighted by molar-refractivity contribution is 0.282. The molecule has 0 aromatic heterocycles. The quantitative estimate of drug-likeness (QED) is 0.684. The Bertz CT molecular complexity index is 223. The minimum absolute atomic E-state index is 0.819.